The molecule has 0 aliphatic rings. The summed E-state index contributed by atoms with van der Waals surface area (Å²) in [6.07, 6.45) is 4.43. The van der Waals surface area contributed by atoms with Crippen molar-refractivity contribution in [1.82, 2.24) is 4.98 Å². The molecule has 0 fully saturated rings. The third kappa shape index (κ3) is 3.84. The highest BCUT2D eigenvalue weighted by Gasteiger charge is 2.14. The zero-order valence-corrected chi connectivity index (χ0v) is 14.1. The number of hydrogen-bond acceptors (Lipinski definition) is 3. The van der Waals surface area contributed by atoms with Crippen LogP contribution in [-0.4, -0.2) is 11.6 Å². The molecule has 2 rings (SSSR count). The number of pyridine rings is 1. The molecule has 0 spiro atoms. The van der Waals surface area contributed by atoms with Crippen LogP contribution in [0.5, 0.6) is 5.75 Å². The second kappa shape index (κ2) is 7.24. The van der Waals surface area contributed by atoms with E-state index in [4.69, 9.17) is 22.1 Å². The summed E-state index contributed by atoms with van der Waals surface area (Å²) in [6, 6.07) is 7.39. The van der Waals surface area contributed by atoms with Gasteiger partial charge in [-0.2, -0.15) is 0 Å². The minimum atomic E-state index is -0.265. The molecule has 1 heterocycles. The van der Waals surface area contributed by atoms with Crippen molar-refractivity contribution >= 4 is 34.2 Å². The van der Waals surface area contributed by atoms with E-state index in [0.29, 0.717) is 11.6 Å². The Labute approximate surface area is 137 Å². The summed E-state index contributed by atoms with van der Waals surface area (Å²) >= 11 is 8.31. The van der Waals surface area contributed by atoms with E-state index in [1.165, 1.54) is 0 Å². The van der Waals surface area contributed by atoms with Gasteiger partial charge in [0.25, 0.3) is 0 Å². The maximum Gasteiger partial charge on any atom is 0.137 e. The van der Waals surface area contributed by atoms with Gasteiger partial charge in [-0.25, -0.2) is 0 Å². The molecule has 2 aromatic rings. The molecule has 106 valence electrons. The summed E-state index contributed by atoms with van der Waals surface area (Å²) in [4.78, 5) is 4.20. The summed E-state index contributed by atoms with van der Waals surface area (Å²) in [5, 5.41) is 0.683. The van der Waals surface area contributed by atoms with Crippen LogP contribution in [0.3, 0.4) is 0 Å². The van der Waals surface area contributed by atoms with Gasteiger partial charge < -0.3 is 10.5 Å². The number of nitrogens with two attached hydrogens (primary N) is 1. The molecule has 0 saturated heterocycles. The van der Waals surface area contributed by atoms with Crippen LogP contribution in [0.1, 0.15) is 30.5 Å². The van der Waals surface area contributed by atoms with Gasteiger partial charge in [0.05, 0.1) is 18.8 Å². The molecule has 20 heavy (non-hydrogen) atoms. The summed E-state index contributed by atoms with van der Waals surface area (Å²) in [7, 11) is 0. The molecule has 0 amide bonds. The molecule has 0 bridgehead atoms. The predicted molar refractivity (Wildman–Crippen MR) is 90.2 cm³/mol. The molecular weight excluding hydrogens is 387 g/mol. The van der Waals surface area contributed by atoms with Gasteiger partial charge in [0, 0.05) is 14.8 Å². The lowest BCUT2D eigenvalue weighted by Crippen LogP contribution is -2.14. The zero-order chi connectivity index (χ0) is 14.5. The smallest absolute Gasteiger partial charge is 0.137 e. The lowest BCUT2D eigenvalue weighted by Gasteiger charge is -2.15. The minimum Gasteiger partial charge on any atom is -0.492 e. The van der Waals surface area contributed by atoms with Crippen LogP contribution in [0.15, 0.2) is 36.7 Å². The van der Waals surface area contributed by atoms with Crippen molar-refractivity contribution in [3.05, 3.63) is 56.4 Å². The number of halogens is 2. The first-order valence-corrected chi connectivity index (χ1v) is 7.85. The highest BCUT2D eigenvalue weighted by atomic mass is 127. The highest BCUT2D eigenvalue weighted by Crippen LogP contribution is 2.28. The zero-order valence-electron chi connectivity index (χ0n) is 11.1. The Balaban J connectivity index is 2.28. The summed E-state index contributed by atoms with van der Waals surface area (Å²) in [6.45, 7) is 2.74. The molecule has 2 N–H and O–H groups in total. The van der Waals surface area contributed by atoms with E-state index < -0.39 is 0 Å². The fourth-order valence-corrected chi connectivity index (χ4v) is 2.69. The average Bonchev–Trinajstić information content (AvgIpc) is 2.47. The van der Waals surface area contributed by atoms with Gasteiger partial charge in [0.2, 0.25) is 0 Å². The lowest BCUT2D eigenvalue weighted by molar-refractivity contribution is 0.315. The standard InChI is InChI=1S/C15H16ClIN2O/c1-2-5-20-12-6-10(8-19-9-12)15(18)13-7-11(16)3-4-14(13)17/h3-4,6-9,15H,2,5,18H2,1H3. The number of benzene rings is 1. The minimum absolute atomic E-state index is 0.265. The largest absolute Gasteiger partial charge is 0.492 e. The summed E-state index contributed by atoms with van der Waals surface area (Å²) < 4.78 is 6.67. The van der Waals surface area contributed by atoms with Crippen LogP contribution >= 0.6 is 34.2 Å². The molecule has 1 aromatic carbocycles. The quantitative estimate of drug-likeness (QED) is 0.763. The predicted octanol–water partition coefficient (Wildman–Crippen LogP) is 4.18. The van der Waals surface area contributed by atoms with Crippen molar-refractivity contribution in [2.45, 2.75) is 19.4 Å². The van der Waals surface area contributed by atoms with Gasteiger partial charge >= 0.3 is 0 Å². The molecule has 3 nitrogen and oxygen atoms in total. The van der Waals surface area contributed by atoms with Crippen LogP contribution in [0.4, 0.5) is 0 Å². The van der Waals surface area contributed by atoms with Crippen LogP contribution in [-0.2, 0) is 0 Å². The van der Waals surface area contributed by atoms with E-state index in [2.05, 4.69) is 34.5 Å². The molecule has 5 heteroatoms. The Morgan fingerprint density at radius 2 is 2.15 bits per heavy atom. The monoisotopic (exact) mass is 402 g/mol. The van der Waals surface area contributed by atoms with Crippen molar-refractivity contribution in [3.8, 4) is 5.75 Å². The van der Waals surface area contributed by atoms with Crippen LogP contribution < -0.4 is 10.5 Å². The maximum absolute atomic E-state index is 6.32. The third-order valence-electron chi connectivity index (χ3n) is 2.86. The van der Waals surface area contributed by atoms with Gasteiger partial charge in [-0.1, -0.05) is 18.5 Å². The summed E-state index contributed by atoms with van der Waals surface area (Å²) in [5.74, 6) is 0.747. The Morgan fingerprint density at radius 3 is 2.90 bits per heavy atom. The Kier molecular flexibility index (Phi) is 5.63. The van der Waals surface area contributed by atoms with E-state index >= 15 is 0 Å². The van der Waals surface area contributed by atoms with Crippen molar-refractivity contribution in [2.75, 3.05) is 6.61 Å². The second-order valence-electron chi connectivity index (χ2n) is 4.45. The first-order valence-electron chi connectivity index (χ1n) is 6.40. The molecular formula is C15H16ClIN2O. The number of ether oxygens (including phenoxy) is 1. The Morgan fingerprint density at radius 1 is 1.35 bits per heavy atom. The van der Waals surface area contributed by atoms with Gasteiger partial charge in [0.1, 0.15) is 5.75 Å². The van der Waals surface area contributed by atoms with Crippen molar-refractivity contribution in [1.29, 1.82) is 0 Å². The van der Waals surface area contributed by atoms with Gasteiger partial charge in [-0.3, -0.25) is 4.98 Å². The number of hydrogen-bond donors (Lipinski definition) is 1. The Hall–Kier alpha value is -0.850. The lowest BCUT2D eigenvalue weighted by atomic mass is 10.0. The van der Waals surface area contributed by atoms with Crippen molar-refractivity contribution in [3.63, 3.8) is 0 Å². The topological polar surface area (TPSA) is 48.1 Å². The van der Waals surface area contributed by atoms with E-state index in [-0.39, 0.29) is 6.04 Å². The van der Waals surface area contributed by atoms with Gasteiger partial charge in [-0.15, -0.1) is 0 Å². The molecule has 1 atom stereocenters. The number of nitrogens with zero attached hydrogens (tertiary/aromatic N) is 1. The number of aromatic nitrogens is 1. The van der Waals surface area contributed by atoms with E-state index in [1.54, 1.807) is 12.4 Å². The third-order valence-corrected chi connectivity index (χ3v) is 4.08. The summed E-state index contributed by atoms with van der Waals surface area (Å²) in [5.41, 5.74) is 8.23. The average molecular weight is 403 g/mol. The molecule has 0 aliphatic heterocycles. The van der Waals surface area contributed by atoms with Crippen LogP contribution in [0, 0.1) is 3.57 Å². The number of rotatable bonds is 5. The molecule has 0 aliphatic carbocycles. The van der Waals surface area contributed by atoms with Crippen LogP contribution in [0.2, 0.25) is 5.02 Å². The van der Waals surface area contributed by atoms with E-state index in [0.717, 1.165) is 26.9 Å². The molecule has 0 radical (unpaired) electrons. The van der Waals surface area contributed by atoms with Crippen molar-refractivity contribution < 1.29 is 4.74 Å². The van der Waals surface area contributed by atoms with E-state index in [9.17, 15) is 0 Å². The molecule has 0 saturated carbocycles. The van der Waals surface area contributed by atoms with Crippen molar-refractivity contribution in [2.24, 2.45) is 5.73 Å². The van der Waals surface area contributed by atoms with Gasteiger partial charge in [-0.05, 0) is 64.4 Å². The first-order chi connectivity index (χ1) is 9.61. The van der Waals surface area contributed by atoms with Gasteiger partial charge in [0.15, 0.2) is 0 Å². The Bertz CT molecular complexity index is 592. The second-order valence-corrected chi connectivity index (χ2v) is 6.04. The highest BCUT2D eigenvalue weighted by molar-refractivity contribution is 14.1. The SMILES string of the molecule is CCCOc1cncc(C(N)c2cc(Cl)ccc2I)c1. The van der Waals surface area contributed by atoms with E-state index in [1.807, 2.05) is 24.3 Å². The first kappa shape index (κ1) is 15.5. The van der Waals surface area contributed by atoms with Crippen LogP contribution in [0.25, 0.3) is 0 Å². The fraction of sp³-hybridized carbons (Fsp3) is 0.267. The fourth-order valence-electron chi connectivity index (χ4n) is 1.84. The molecule has 1 unspecified atom stereocenters. The maximum atomic E-state index is 6.32. The molecule has 1 aromatic heterocycles. The normalized spacial score (nSPS) is 12.2.